The van der Waals surface area contributed by atoms with Crippen LogP contribution in [0.4, 0.5) is 10.5 Å². The molecule has 3 aliphatic heterocycles. The first-order chi connectivity index (χ1) is 16.6. The highest BCUT2D eigenvalue weighted by molar-refractivity contribution is 6.07. The SMILES string of the molecule is COC[C@H]1CN(Cc2ccn3ncc(N4CCC(=O)NC4=O)c3c2)CCN1CC1CCOCC1. The summed E-state index contributed by atoms with van der Waals surface area (Å²) in [6, 6.07) is 4.18. The number of fused-ring (bicyclic) bond motifs is 1. The molecule has 2 aromatic heterocycles. The van der Waals surface area contributed by atoms with E-state index < -0.39 is 0 Å². The number of methoxy groups -OCH3 is 1. The van der Waals surface area contributed by atoms with Crippen LogP contribution < -0.4 is 10.2 Å². The van der Waals surface area contributed by atoms with Gasteiger partial charge in [-0.05, 0) is 36.5 Å². The number of pyridine rings is 1. The highest BCUT2D eigenvalue weighted by Crippen LogP contribution is 2.25. The lowest BCUT2D eigenvalue weighted by Crippen LogP contribution is -2.55. The largest absolute Gasteiger partial charge is 0.383 e. The lowest BCUT2D eigenvalue weighted by Gasteiger charge is -2.43. The highest BCUT2D eigenvalue weighted by Gasteiger charge is 2.30. The van der Waals surface area contributed by atoms with Crippen molar-refractivity contribution in [1.29, 1.82) is 0 Å². The Hall–Kier alpha value is -2.53. The van der Waals surface area contributed by atoms with E-state index in [9.17, 15) is 9.59 Å². The van der Waals surface area contributed by atoms with Crippen molar-refractivity contribution in [2.75, 3.05) is 64.6 Å². The van der Waals surface area contributed by atoms with Crippen LogP contribution in [0.2, 0.25) is 0 Å². The first kappa shape index (κ1) is 23.2. The van der Waals surface area contributed by atoms with Crippen LogP contribution in [0.3, 0.4) is 0 Å². The zero-order chi connectivity index (χ0) is 23.5. The third-order valence-electron chi connectivity index (χ3n) is 7.20. The number of hydrogen-bond donors (Lipinski definition) is 1. The number of nitrogens with zero attached hydrogens (tertiary/aromatic N) is 5. The van der Waals surface area contributed by atoms with Gasteiger partial charge in [0.05, 0.1) is 24.0 Å². The van der Waals surface area contributed by atoms with Gasteiger partial charge in [-0.3, -0.25) is 24.8 Å². The summed E-state index contributed by atoms with van der Waals surface area (Å²) in [6.45, 7) is 7.82. The Morgan fingerprint density at radius 1 is 1.21 bits per heavy atom. The number of aromatic nitrogens is 2. The Bertz CT molecular complexity index is 1020. The van der Waals surface area contributed by atoms with Gasteiger partial charge >= 0.3 is 6.03 Å². The van der Waals surface area contributed by atoms with Crippen molar-refractivity contribution in [3.8, 4) is 0 Å². The fourth-order valence-corrected chi connectivity index (χ4v) is 5.32. The number of nitrogens with one attached hydrogen (secondary N) is 1. The molecule has 5 heterocycles. The van der Waals surface area contributed by atoms with Gasteiger partial charge in [-0.2, -0.15) is 5.10 Å². The van der Waals surface area contributed by atoms with E-state index in [2.05, 4.69) is 32.3 Å². The van der Waals surface area contributed by atoms with Crippen LogP contribution in [0.1, 0.15) is 24.8 Å². The van der Waals surface area contributed by atoms with Crippen molar-refractivity contribution < 1.29 is 19.1 Å². The van der Waals surface area contributed by atoms with Crippen LogP contribution >= 0.6 is 0 Å². The second-order valence-corrected chi connectivity index (χ2v) is 9.54. The number of piperazine rings is 1. The van der Waals surface area contributed by atoms with E-state index in [1.165, 1.54) is 5.56 Å². The molecule has 3 amide bonds. The van der Waals surface area contributed by atoms with Crippen LogP contribution in [0.5, 0.6) is 0 Å². The molecular formula is C24H34N6O4. The Morgan fingerprint density at radius 2 is 2.06 bits per heavy atom. The van der Waals surface area contributed by atoms with Gasteiger partial charge in [0, 0.05) is 78.3 Å². The molecule has 10 heteroatoms. The number of urea groups is 1. The van der Waals surface area contributed by atoms with Gasteiger partial charge in [0.1, 0.15) is 0 Å². The Balaban J connectivity index is 1.26. The summed E-state index contributed by atoms with van der Waals surface area (Å²) < 4.78 is 12.9. The Morgan fingerprint density at radius 3 is 2.85 bits per heavy atom. The maximum absolute atomic E-state index is 12.3. The van der Waals surface area contributed by atoms with E-state index in [-0.39, 0.29) is 11.9 Å². The predicted octanol–water partition coefficient (Wildman–Crippen LogP) is 1.34. The van der Waals surface area contributed by atoms with Crippen molar-refractivity contribution in [3.05, 3.63) is 30.1 Å². The Labute approximate surface area is 199 Å². The number of rotatable bonds is 7. The molecule has 3 saturated heterocycles. The molecule has 184 valence electrons. The second kappa shape index (κ2) is 10.4. The molecule has 0 unspecified atom stereocenters. The summed E-state index contributed by atoms with van der Waals surface area (Å²) in [4.78, 5) is 30.6. The van der Waals surface area contributed by atoms with Crippen LogP contribution in [-0.4, -0.2) is 97.0 Å². The molecule has 34 heavy (non-hydrogen) atoms. The standard InChI is InChI=1S/C24H34N6O4/c1-33-17-20-16-27(8-9-28(20)15-18-4-10-34-11-5-18)14-19-2-7-30-21(12-19)22(13-25-30)29-6-3-23(31)26-24(29)32/h2,7,12-13,18,20H,3-6,8-11,14-17H2,1H3,(H,26,31,32)/t20-/m1/s1. The van der Waals surface area contributed by atoms with E-state index in [1.807, 2.05) is 6.20 Å². The topological polar surface area (TPSA) is 91.7 Å². The summed E-state index contributed by atoms with van der Waals surface area (Å²) in [5.41, 5.74) is 2.77. The van der Waals surface area contributed by atoms with Crippen molar-refractivity contribution in [2.24, 2.45) is 5.92 Å². The predicted molar refractivity (Wildman–Crippen MR) is 127 cm³/mol. The third-order valence-corrected chi connectivity index (χ3v) is 7.20. The third kappa shape index (κ3) is 5.10. The van der Waals surface area contributed by atoms with Crippen LogP contribution in [0.25, 0.3) is 5.52 Å². The number of carbonyl (C=O) groups is 2. The molecule has 0 aromatic carbocycles. The molecule has 1 atom stereocenters. The maximum atomic E-state index is 12.3. The smallest absolute Gasteiger partial charge is 0.328 e. The fraction of sp³-hybridized carbons (Fsp3) is 0.625. The molecule has 2 aromatic rings. The van der Waals surface area contributed by atoms with Crippen molar-refractivity contribution in [3.63, 3.8) is 0 Å². The van der Waals surface area contributed by atoms with E-state index in [0.717, 1.165) is 76.6 Å². The van der Waals surface area contributed by atoms with Gasteiger partial charge in [-0.25, -0.2) is 9.31 Å². The van der Waals surface area contributed by atoms with Crippen molar-refractivity contribution in [2.45, 2.75) is 31.8 Å². The average molecular weight is 471 g/mol. The minimum Gasteiger partial charge on any atom is -0.383 e. The van der Waals surface area contributed by atoms with Crippen molar-refractivity contribution in [1.82, 2.24) is 24.7 Å². The normalized spacial score (nSPS) is 23.6. The molecule has 3 fully saturated rings. The zero-order valence-electron chi connectivity index (χ0n) is 19.8. The van der Waals surface area contributed by atoms with Gasteiger partial charge in [-0.1, -0.05) is 0 Å². The summed E-state index contributed by atoms with van der Waals surface area (Å²) in [6.07, 6.45) is 6.23. The monoisotopic (exact) mass is 470 g/mol. The minimum absolute atomic E-state index is 0.236. The zero-order valence-corrected chi connectivity index (χ0v) is 19.8. The summed E-state index contributed by atoms with van der Waals surface area (Å²) in [5, 5.41) is 6.79. The summed E-state index contributed by atoms with van der Waals surface area (Å²) in [5.74, 6) is 0.476. The van der Waals surface area contributed by atoms with Gasteiger partial charge in [-0.15, -0.1) is 0 Å². The maximum Gasteiger partial charge on any atom is 0.328 e. The second-order valence-electron chi connectivity index (χ2n) is 9.54. The molecule has 0 radical (unpaired) electrons. The van der Waals surface area contributed by atoms with Gasteiger partial charge < -0.3 is 9.47 Å². The summed E-state index contributed by atoms with van der Waals surface area (Å²) >= 11 is 0. The molecule has 1 N–H and O–H groups in total. The number of anilines is 1. The highest BCUT2D eigenvalue weighted by atomic mass is 16.5. The number of carbonyl (C=O) groups excluding carboxylic acids is 2. The Kier molecular flexibility index (Phi) is 7.10. The number of amides is 3. The van der Waals surface area contributed by atoms with Crippen LogP contribution in [0.15, 0.2) is 24.5 Å². The first-order valence-corrected chi connectivity index (χ1v) is 12.2. The average Bonchev–Trinajstić information content (AvgIpc) is 3.25. The summed E-state index contributed by atoms with van der Waals surface area (Å²) in [7, 11) is 1.78. The first-order valence-electron chi connectivity index (χ1n) is 12.2. The van der Waals surface area contributed by atoms with Gasteiger partial charge in [0.15, 0.2) is 0 Å². The lowest BCUT2D eigenvalue weighted by atomic mass is 9.98. The van der Waals surface area contributed by atoms with Crippen molar-refractivity contribution >= 4 is 23.1 Å². The lowest BCUT2D eigenvalue weighted by molar-refractivity contribution is -0.120. The number of imide groups is 1. The van der Waals surface area contributed by atoms with Gasteiger partial charge in [0.25, 0.3) is 0 Å². The van der Waals surface area contributed by atoms with Crippen LogP contribution in [-0.2, 0) is 20.8 Å². The molecule has 3 aliphatic rings. The molecule has 0 bridgehead atoms. The van der Waals surface area contributed by atoms with Gasteiger partial charge in [0.2, 0.25) is 5.91 Å². The molecule has 0 spiro atoms. The molecule has 0 aliphatic carbocycles. The van der Waals surface area contributed by atoms with E-state index >= 15 is 0 Å². The van der Waals surface area contributed by atoms with E-state index in [0.29, 0.717) is 24.9 Å². The van der Waals surface area contributed by atoms with E-state index in [4.69, 9.17) is 9.47 Å². The van der Waals surface area contributed by atoms with E-state index in [1.54, 1.807) is 22.7 Å². The van der Waals surface area contributed by atoms with Crippen LogP contribution in [0, 0.1) is 5.92 Å². The molecule has 5 rings (SSSR count). The number of ether oxygens (including phenoxy) is 2. The molecular weight excluding hydrogens is 436 g/mol. The number of hydrogen-bond acceptors (Lipinski definition) is 7. The quantitative estimate of drug-likeness (QED) is 0.653. The fourth-order valence-electron chi connectivity index (χ4n) is 5.32. The minimum atomic E-state index is -0.389. The molecule has 10 nitrogen and oxygen atoms in total. The molecule has 0 saturated carbocycles.